The maximum atomic E-state index is 12.8. The minimum absolute atomic E-state index is 0.541. The lowest BCUT2D eigenvalue weighted by molar-refractivity contribution is -0.234. The number of hydrogen-bond donors (Lipinski definition) is 2. The van der Waals surface area contributed by atoms with Crippen molar-refractivity contribution in [2.75, 3.05) is 0 Å². The Labute approximate surface area is 112 Å². The summed E-state index contributed by atoms with van der Waals surface area (Å²) in [6.07, 6.45) is -4.45. The fourth-order valence-electron chi connectivity index (χ4n) is 1.56. The predicted molar refractivity (Wildman–Crippen MR) is 63.9 cm³/mol. The van der Waals surface area contributed by atoms with Crippen molar-refractivity contribution >= 4 is 18.0 Å². The van der Waals surface area contributed by atoms with Crippen molar-refractivity contribution in [2.45, 2.75) is 12.6 Å². The molecular weight excluding hydrogens is 277 g/mol. The summed E-state index contributed by atoms with van der Waals surface area (Å²) in [5.41, 5.74) is -3.29. The molecule has 4 nitrogen and oxygen atoms in total. The highest BCUT2D eigenvalue weighted by Gasteiger charge is 2.66. The van der Waals surface area contributed by atoms with Crippen LogP contribution in [0.3, 0.4) is 0 Å². The van der Waals surface area contributed by atoms with E-state index in [0.717, 1.165) is 6.08 Å². The van der Waals surface area contributed by atoms with Crippen LogP contribution in [-0.2, 0) is 9.59 Å². The van der Waals surface area contributed by atoms with Gasteiger partial charge < -0.3 is 10.2 Å². The molecule has 1 aromatic rings. The number of allylic oxidation sites excluding steroid dienone is 1. The zero-order valence-corrected chi connectivity index (χ0v) is 10.1. The molecule has 0 spiro atoms. The van der Waals surface area contributed by atoms with E-state index in [1.165, 1.54) is 6.08 Å². The van der Waals surface area contributed by atoms with Crippen molar-refractivity contribution in [2.24, 2.45) is 5.41 Å². The van der Waals surface area contributed by atoms with E-state index in [-0.39, 0.29) is 0 Å². The van der Waals surface area contributed by atoms with Gasteiger partial charge in [-0.15, -0.1) is 0 Å². The van der Waals surface area contributed by atoms with Gasteiger partial charge in [-0.3, -0.25) is 9.59 Å². The summed E-state index contributed by atoms with van der Waals surface area (Å²) in [7, 11) is 0. The summed E-state index contributed by atoms with van der Waals surface area (Å²) in [5.74, 6) is -4.87. The Morgan fingerprint density at radius 3 is 1.95 bits per heavy atom. The summed E-state index contributed by atoms with van der Waals surface area (Å²) in [6.45, 7) is 0. The number of carboxylic acid groups (broad SMARTS) is 2. The van der Waals surface area contributed by atoms with E-state index in [1.807, 2.05) is 0 Å². The minimum Gasteiger partial charge on any atom is -0.480 e. The van der Waals surface area contributed by atoms with Crippen molar-refractivity contribution < 1.29 is 33.0 Å². The Hall–Kier alpha value is -2.31. The summed E-state index contributed by atoms with van der Waals surface area (Å²) in [6, 6.07) is 8.17. The molecule has 0 amide bonds. The van der Waals surface area contributed by atoms with Crippen LogP contribution in [0.2, 0.25) is 0 Å². The number of aliphatic carboxylic acids is 2. The lowest BCUT2D eigenvalue weighted by Gasteiger charge is -2.26. The molecule has 108 valence electrons. The van der Waals surface area contributed by atoms with Crippen LogP contribution in [0.25, 0.3) is 6.08 Å². The number of carbonyl (C=O) groups is 2. The average molecular weight is 288 g/mol. The summed E-state index contributed by atoms with van der Waals surface area (Å²) in [5, 5.41) is 17.4. The molecule has 0 heterocycles. The van der Waals surface area contributed by atoms with E-state index >= 15 is 0 Å². The van der Waals surface area contributed by atoms with Crippen LogP contribution in [0, 0.1) is 5.41 Å². The molecule has 0 saturated carbocycles. The number of halogens is 3. The van der Waals surface area contributed by atoms with Crippen LogP contribution < -0.4 is 0 Å². The van der Waals surface area contributed by atoms with Gasteiger partial charge in [0.1, 0.15) is 0 Å². The Morgan fingerprint density at radius 1 is 1.05 bits per heavy atom. The normalized spacial score (nSPS) is 12.6. The first kappa shape index (κ1) is 15.7. The van der Waals surface area contributed by atoms with Gasteiger partial charge in [-0.2, -0.15) is 13.2 Å². The number of rotatable bonds is 5. The maximum Gasteiger partial charge on any atom is 0.415 e. The van der Waals surface area contributed by atoms with Gasteiger partial charge in [-0.25, -0.2) is 0 Å². The van der Waals surface area contributed by atoms with E-state index in [2.05, 4.69) is 0 Å². The Kier molecular flexibility index (Phi) is 4.54. The first-order valence-electron chi connectivity index (χ1n) is 5.47. The van der Waals surface area contributed by atoms with Gasteiger partial charge in [-0.05, 0) is 5.56 Å². The molecule has 20 heavy (non-hydrogen) atoms. The molecule has 2 N–H and O–H groups in total. The van der Waals surface area contributed by atoms with Crippen molar-refractivity contribution in [3.05, 3.63) is 42.0 Å². The largest absolute Gasteiger partial charge is 0.480 e. The molecule has 0 bridgehead atoms. The summed E-state index contributed by atoms with van der Waals surface area (Å²) >= 11 is 0. The van der Waals surface area contributed by atoms with Crippen LogP contribution in [0.5, 0.6) is 0 Å². The second-order valence-corrected chi connectivity index (χ2v) is 4.03. The molecule has 1 aromatic carbocycles. The molecule has 0 saturated heterocycles. The SMILES string of the molecule is O=C(O)C(C/C=C/c1ccccc1)(C(=O)O)C(F)(F)F. The highest BCUT2D eigenvalue weighted by Crippen LogP contribution is 2.42. The number of alkyl halides is 3. The maximum absolute atomic E-state index is 12.8. The third-order valence-corrected chi connectivity index (χ3v) is 2.75. The van der Waals surface area contributed by atoms with Crippen LogP contribution in [0.15, 0.2) is 36.4 Å². The Morgan fingerprint density at radius 2 is 1.55 bits per heavy atom. The zero-order chi connectivity index (χ0) is 15.4. The molecule has 0 fully saturated rings. The molecule has 1 rings (SSSR count). The molecule has 0 aliphatic carbocycles. The van der Waals surface area contributed by atoms with Crippen LogP contribution >= 0.6 is 0 Å². The standard InChI is InChI=1S/C13H11F3O4/c14-13(15,16)12(10(17)18,11(19)20)8-4-7-9-5-2-1-3-6-9/h1-7H,8H2,(H,17,18)(H,19,20)/b7-4+. The van der Waals surface area contributed by atoms with Crippen molar-refractivity contribution in [3.63, 3.8) is 0 Å². The molecule has 0 aromatic heterocycles. The number of benzene rings is 1. The number of carboxylic acids is 2. The lowest BCUT2D eigenvalue weighted by atomic mass is 9.83. The van der Waals surface area contributed by atoms with Crippen LogP contribution in [0.1, 0.15) is 12.0 Å². The fraction of sp³-hybridized carbons (Fsp3) is 0.231. The third kappa shape index (κ3) is 2.98. The second-order valence-electron chi connectivity index (χ2n) is 4.03. The monoisotopic (exact) mass is 288 g/mol. The van der Waals surface area contributed by atoms with Gasteiger partial charge in [0.25, 0.3) is 5.41 Å². The molecule has 0 radical (unpaired) electrons. The topological polar surface area (TPSA) is 74.6 Å². The average Bonchev–Trinajstić information content (AvgIpc) is 2.33. The second kappa shape index (κ2) is 5.77. The molecule has 0 aliphatic rings. The van der Waals surface area contributed by atoms with Gasteiger partial charge in [0.05, 0.1) is 0 Å². The summed E-state index contributed by atoms with van der Waals surface area (Å²) < 4.78 is 38.4. The van der Waals surface area contributed by atoms with Gasteiger partial charge in [0.2, 0.25) is 0 Å². The first-order chi connectivity index (χ1) is 9.22. The molecule has 7 heteroatoms. The fourth-order valence-corrected chi connectivity index (χ4v) is 1.56. The van der Waals surface area contributed by atoms with Gasteiger partial charge in [-0.1, -0.05) is 42.5 Å². The predicted octanol–water partition coefficient (Wildman–Crippen LogP) is 2.81. The Balaban J connectivity index is 3.06. The lowest BCUT2D eigenvalue weighted by Crippen LogP contribution is -2.51. The quantitative estimate of drug-likeness (QED) is 0.817. The smallest absolute Gasteiger partial charge is 0.415 e. The summed E-state index contributed by atoms with van der Waals surface area (Å²) in [4.78, 5) is 21.6. The Bertz CT molecular complexity index is 506. The highest BCUT2D eigenvalue weighted by atomic mass is 19.4. The first-order valence-corrected chi connectivity index (χ1v) is 5.47. The van der Waals surface area contributed by atoms with Crippen LogP contribution in [0.4, 0.5) is 13.2 Å². The molecule has 0 unspecified atom stereocenters. The number of hydrogen-bond acceptors (Lipinski definition) is 2. The molecular formula is C13H11F3O4. The van der Waals surface area contributed by atoms with E-state index in [1.54, 1.807) is 30.3 Å². The van der Waals surface area contributed by atoms with Gasteiger partial charge >= 0.3 is 18.1 Å². The van der Waals surface area contributed by atoms with Gasteiger partial charge in [0.15, 0.2) is 0 Å². The van der Waals surface area contributed by atoms with Crippen molar-refractivity contribution in [1.29, 1.82) is 0 Å². The highest BCUT2D eigenvalue weighted by molar-refractivity contribution is 5.99. The molecule has 0 aliphatic heterocycles. The van der Waals surface area contributed by atoms with Gasteiger partial charge in [0, 0.05) is 6.42 Å². The zero-order valence-electron chi connectivity index (χ0n) is 10.1. The van der Waals surface area contributed by atoms with Crippen molar-refractivity contribution in [3.8, 4) is 0 Å². The minimum atomic E-state index is -5.40. The van der Waals surface area contributed by atoms with E-state index < -0.39 is 30.0 Å². The van der Waals surface area contributed by atoms with Crippen molar-refractivity contribution in [1.82, 2.24) is 0 Å². The molecule has 0 atom stereocenters. The van der Waals surface area contributed by atoms with E-state index in [0.29, 0.717) is 5.56 Å². The van der Waals surface area contributed by atoms with Crippen LogP contribution in [-0.4, -0.2) is 28.3 Å². The van der Waals surface area contributed by atoms with E-state index in [9.17, 15) is 22.8 Å². The third-order valence-electron chi connectivity index (χ3n) is 2.75. The van der Waals surface area contributed by atoms with E-state index in [4.69, 9.17) is 10.2 Å².